The minimum Gasteiger partial charge on any atom is -0.310 e. The molecule has 2 aromatic heterocycles. The highest BCUT2D eigenvalue weighted by Crippen LogP contribution is 2.57. The average molecular weight is 959 g/mol. The normalized spacial score (nSPS) is 12.7. The van der Waals surface area contributed by atoms with Gasteiger partial charge in [-0.25, -0.2) is 0 Å². The van der Waals surface area contributed by atoms with Gasteiger partial charge in [-0.2, -0.15) is 0 Å². The zero-order valence-corrected chi connectivity index (χ0v) is 41.2. The standard InChI is InChI=1S/C71H46N2S/c1-4-18-47(19-5-1)56-29-16-20-49-21-17-30-57(70(49)56)48-34-36-52(37-35-48)72(53-40-43-65-63(44-53)58-26-10-13-31-64(58)71(65,50-22-6-2-7-23-50)51-24-8-3-9-25-51)54-38-41-61-62-42-39-55(46-69(62)74-68(61)45-54)73-66-32-14-11-27-59(66)60-28-12-15-33-67(60)73/h1-46H. The smallest absolute Gasteiger partial charge is 0.0713 e. The van der Waals surface area contributed by atoms with E-state index in [1.165, 1.54) is 114 Å². The first kappa shape index (κ1) is 42.4. The van der Waals surface area contributed by atoms with Crippen LogP contribution in [-0.4, -0.2) is 4.57 Å². The highest BCUT2D eigenvalue weighted by atomic mass is 32.1. The summed E-state index contributed by atoms with van der Waals surface area (Å²) in [7, 11) is 0. The van der Waals surface area contributed by atoms with Crippen molar-refractivity contribution in [2.24, 2.45) is 0 Å². The molecule has 0 unspecified atom stereocenters. The van der Waals surface area contributed by atoms with Crippen molar-refractivity contribution >= 4 is 81.1 Å². The van der Waals surface area contributed by atoms with Crippen LogP contribution >= 0.6 is 11.3 Å². The van der Waals surface area contributed by atoms with E-state index >= 15 is 0 Å². The van der Waals surface area contributed by atoms with Crippen LogP contribution in [0.5, 0.6) is 0 Å². The van der Waals surface area contributed by atoms with E-state index in [1.54, 1.807) is 0 Å². The van der Waals surface area contributed by atoms with Gasteiger partial charge in [0.25, 0.3) is 0 Å². The van der Waals surface area contributed by atoms with Crippen molar-refractivity contribution in [2.45, 2.75) is 5.41 Å². The van der Waals surface area contributed by atoms with E-state index in [-0.39, 0.29) is 0 Å². The third kappa shape index (κ3) is 6.43. The SMILES string of the molecule is c1ccc(-c2cccc3cccc(-c4ccc(N(c5ccc6c(c5)-c5ccccc5C6(c5ccccc5)c5ccccc5)c5ccc6c(c5)sc5cc(-n7c8ccccc8c8ccccc87)ccc56)cc4)c23)cc1. The third-order valence-electron chi connectivity index (χ3n) is 15.7. The zero-order chi connectivity index (χ0) is 48.7. The monoisotopic (exact) mass is 958 g/mol. The first-order valence-corrected chi connectivity index (χ1v) is 26.3. The summed E-state index contributed by atoms with van der Waals surface area (Å²) in [5.41, 5.74) is 18.9. The maximum Gasteiger partial charge on any atom is 0.0713 e. The molecule has 0 saturated carbocycles. The maximum absolute atomic E-state index is 2.46. The number of hydrogen-bond acceptors (Lipinski definition) is 2. The lowest BCUT2D eigenvalue weighted by atomic mass is 9.68. The lowest BCUT2D eigenvalue weighted by Crippen LogP contribution is -2.28. The Labute approximate surface area is 433 Å². The molecule has 0 bridgehead atoms. The number of fused-ring (bicyclic) bond motifs is 10. The second kappa shape index (κ2) is 16.9. The summed E-state index contributed by atoms with van der Waals surface area (Å²) in [5, 5.41) is 7.57. The van der Waals surface area contributed by atoms with Crippen LogP contribution in [0.3, 0.4) is 0 Å². The van der Waals surface area contributed by atoms with E-state index in [1.807, 2.05) is 11.3 Å². The first-order chi connectivity index (χ1) is 36.7. The molecule has 0 aliphatic heterocycles. The summed E-state index contributed by atoms with van der Waals surface area (Å²) in [6.45, 7) is 0. The summed E-state index contributed by atoms with van der Waals surface area (Å²) in [4.78, 5) is 2.46. The second-order valence-electron chi connectivity index (χ2n) is 19.5. The molecular formula is C71H46N2S. The van der Waals surface area contributed by atoms with Crippen LogP contribution in [0, 0.1) is 0 Å². The number of aromatic nitrogens is 1. The highest BCUT2D eigenvalue weighted by molar-refractivity contribution is 7.25. The number of rotatable bonds is 8. The van der Waals surface area contributed by atoms with E-state index in [0.29, 0.717) is 0 Å². The molecule has 0 N–H and O–H groups in total. The molecule has 2 nitrogen and oxygen atoms in total. The molecule has 0 radical (unpaired) electrons. The average Bonchev–Trinajstić information content (AvgIpc) is 4.15. The lowest BCUT2D eigenvalue weighted by Gasteiger charge is -2.34. The molecule has 12 aromatic carbocycles. The topological polar surface area (TPSA) is 8.17 Å². The van der Waals surface area contributed by atoms with E-state index in [9.17, 15) is 0 Å². The number of thiophene rings is 1. The molecule has 1 aliphatic rings. The highest BCUT2D eigenvalue weighted by Gasteiger charge is 2.46. The van der Waals surface area contributed by atoms with Gasteiger partial charge in [0.1, 0.15) is 0 Å². The van der Waals surface area contributed by atoms with E-state index in [2.05, 4.69) is 289 Å². The third-order valence-corrected chi connectivity index (χ3v) is 16.8. The van der Waals surface area contributed by atoms with Crippen molar-refractivity contribution in [3.8, 4) is 39.1 Å². The Morgan fingerprint density at radius 3 is 1.50 bits per heavy atom. The number of nitrogens with zero attached hydrogens (tertiary/aromatic N) is 2. The molecule has 1 aliphatic carbocycles. The van der Waals surface area contributed by atoms with Gasteiger partial charge in [0.2, 0.25) is 0 Å². The van der Waals surface area contributed by atoms with Gasteiger partial charge in [0.15, 0.2) is 0 Å². The van der Waals surface area contributed by atoms with E-state index < -0.39 is 5.41 Å². The quantitative estimate of drug-likeness (QED) is 0.147. The molecule has 0 saturated heterocycles. The van der Waals surface area contributed by atoms with Gasteiger partial charge in [0, 0.05) is 53.7 Å². The molecule has 3 heteroatoms. The van der Waals surface area contributed by atoms with Gasteiger partial charge in [0.05, 0.1) is 16.4 Å². The van der Waals surface area contributed by atoms with Gasteiger partial charge in [-0.1, -0.05) is 218 Å². The fraction of sp³-hybridized carbons (Fsp3) is 0.0141. The van der Waals surface area contributed by atoms with Crippen molar-refractivity contribution < 1.29 is 0 Å². The molecule has 0 fully saturated rings. The number of anilines is 3. The van der Waals surface area contributed by atoms with Crippen LogP contribution in [0.4, 0.5) is 17.1 Å². The second-order valence-corrected chi connectivity index (χ2v) is 20.6. The predicted octanol–water partition coefficient (Wildman–Crippen LogP) is 19.5. The minimum absolute atomic E-state index is 0.482. The summed E-state index contributed by atoms with van der Waals surface area (Å²) in [6, 6.07) is 103. The van der Waals surface area contributed by atoms with Crippen LogP contribution in [0.1, 0.15) is 22.3 Å². The molecule has 0 amide bonds. The van der Waals surface area contributed by atoms with Crippen LogP contribution in [-0.2, 0) is 5.41 Å². The Morgan fingerprint density at radius 1 is 0.324 bits per heavy atom. The summed E-state index contributed by atoms with van der Waals surface area (Å²) in [6.07, 6.45) is 0. The van der Waals surface area contributed by atoms with Gasteiger partial charge < -0.3 is 9.47 Å². The van der Waals surface area contributed by atoms with Gasteiger partial charge in [-0.15, -0.1) is 11.3 Å². The number of benzene rings is 12. The number of hydrogen-bond donors (Lipinski definition) is 0. The Hall–Kier alpha value is -9.28. The zero-order valence-electron chi connectivity index (χ0n) is 40.4. The molecule has 14 aromatic rings. The Kier molecular flexibility index (Phi) is 9.70. The van der Waals surface area contributed by atoms with Crippen LogP contribution in [0.25, 0.3) is 91.8 Å². The fourth-order valence-electron chi connectivity index (χ4n) is 12.5. The predicted molar refractivity (Wildman–Crippen MR) is 314 cm³/mol. The fourth-order valence-corrected chi connectivity index (χ4v) is 13.7. The van der Waals surface area contributed by atoms with Crippen molar-refractivity contribution in [1.29, 1.82) is 0 Å². The van der Waals surface area contributed by atoms with Crippen molar-refractivity contribution in [3.63, 3.8) is 0 Å². The van der Waals surface area contributed by atoms with Crippen molar-refractivity contribution in [2.75, 3.05) is 4.90 Å². The van der Waals surface area contributed by atoms with E-state index in [0.717, 1.165) is 17.1 Å². The number of para-hydroxylation sites is 2. The van der Waals surface area contributed by atoms with Gasteiger partial charge in [-0.3, -0.25) is 0 Å². The van der Waals surface area contributed by atoms with Gasteiger partial charge >= 0.3 is 0 Å². The Bertz CT molecular complexity index is 4380. The summed E-state index contributed by atoms with van der Waals surface area (Å²) >= 11 is 1.87. The van der Waals surface area contributed by atoms with Crippen molar-refractivity contribution in [3.05, 3.63) is 301 Å². The Morgan fingerprint density at radius 2 is 0.824 bits per heavy atom. The molecule has 0 spiro atoms. The van der Waals surface area contributed by atoms with Crippen LogP contribution < -0.4 is 4.90 Å². The van der Waals surface area contributed by atoms with Crippen molar-refractivity contribution in [1.82, 2.24) is 4.57 Å². The maximum atomic E-state index is 2.46. The molecular weight excluding hydrogens is 913 g/mol. The first-order valence-electron chi connectivity index (χ1n) is 25.5. The van der Waals surface area contributed by atoms with Crippen LogP contribution in [0.2, 0.25) is 0 Å². The molecule has 15 rings (SSSR count). The summed E-state index contributed by atoms with van der Waals surface area (Å²) in [5.74, 6) is 0. The van der Waals surface area contributed by atoms with Gasteiger partial charge in [-0.05, 0) is 127 Å². The molecule has 0 atom stereocenters. The molecule has 2 heterocycles. The minimum atomic E-state index is -0.482. The van der Waals surface area contributed by atoms with E-state index in [4.69, 9.17) is 0 Å². The largest absolute Gasteiger partial charge is 0.310 e. The Balaban J connectivity index is 0.911. The summed E-state index contributed by atoms with van der Waals surface area (Å²) < 4.78 is 4.94. The molecule has 346 valence electrons. The van der Waals surface area contributed by atoms with Crippen LogP contribution in [0.15, 0.2) is 279 Å². The lowest BCUT2D eigenvalue weighted by molar-refractivity contribution is 0.768. The molecule has 74 heavy (non-hydrogen) atoms.